The predicted octanol–water partition coefficient (Wildman–Crippen LogP) is 3.98. The fourth-order valence-electron chi connectivity index (χ4n) is 4.03. The fourth-order valence-corrected chi connectivity index (χ4v) is 4.03. The lowest BCUT2D eigenvalue weighted by Gasteiger charge is -2.30. The molecule has 3 rings (SSSR count). The molecule has 2 aromatic carbocycles. The van der Waals surface area contributed by atoms with Gasteiger partial charge in [-0.05, 0) is 49.1 Å². The quantitative estimate of drug-likeness (QED) is 0.515. The standard InChI is InChI=1S/C24H29F2N3O2.C2HF3O2/c1-3-28(4-2)23(30)21(22(27)24(31)29-14-13-20(26)15-29)18-7-5-16(6-8-18)17-9-11-19(25)12-10-17;3-2(4,5)1(6)7/h5-12,20-22H,3-4,13-15,27H2,1-2H3;(H,6,7)/t20-,21-,22-;/m0./s1. The first-order valence-electron chi connectivity index (χ1n) is 11.9. The molecule has 38 heavy (non-hydrogen) atoms. The Morgan fingerprint density at radius 2 is 1.50 bits per heavy atom. The van der Waals surface area contributed by atoms with Gasteiger partial charge in [0.25, 0.3) is 0 Å². The number of hydrogen-bond acceptors (Lipinski definition) is 4. The molecule has 1 aliphatic heterocycles. The van der Waals surface area contributed by atoms with Gasteiger partial charge in [-0.2, -0.15) is 13.2 Å². The molecule has 3 N–H and O–H groups in total. The van der Waals surface area contributed by atoms with E-state index in [1.807, 2.05) is 26.0 Å². The van der Waals surface area contributed by atoms with Crippen molar-refractivity contribution in [2.45, 2.75) is 44.6 Å². The molecule has 1 heterocycles. The summed E-state index contributed by atoms with van der Waals surface area (Å²) in [6.07, 6.45) is -5.84. The molecule has 1 aliphatic rings. The molecule has 12 heteroatoms. The third kappa shape index (κ3) is 7.98. The maximum atomic E-state index is 13.6. The van der Waals surface area contributed by atoms with Crippen LogP contribution >= 0.6 is 0 Å². The normalized spacial score (nSPS) is 16.7. The Balaban J connectivity index is 0.000000638. The number of carbonyl (C=O) groups is 3. The van der Waals surface area contributed by atoms with Crippen molar-refractivity contribution in [3.8, 4) is 11.1 Å². The van der Waals surface area contributed by atoms with Gasteiger partial charge in [0, 0.05) is 19.6 Å². The van der Waals surface area contributed by atoms with Crippen LogP contribution < -0.4 is 5.73 Å². The van der Waals surface area contributed by atoms with Crippen molar-refractivity contribution < 1.29 is 41.4 Å². The number of amides is 2. The van der Waals surface area contributed by atoms with Crippen LogP contribution in [0.5, 0.6) is 0 Å². The minimum atomic E-state index is -5.08. The van der Waals surface area contributed by atoms with Gasteiger partial charge in [-0.25, -0.2) is 13.6 Å². The van der Waals surface area contributed by atoms with Crippen LogP contribution in [0.15, 0.2) is 48.5 Å². The number of carboxylic acids is 1. The van der Waals surface area contributed by atoms with E-state index in [2.05, 4.69) is 0 Å². The largest absolute Gasteiger partial charge is 0.490 e. The zero-order valence-electron chi connectivity index (χ0n) is 20.9. The second kappa shape index (κ2) is 13.3. The minimum Gasteiger partial charge on any atom is -0.475 e. The van der Waals surface area contributed by atoms with Gasteiger partial charge in [0.1, 0.15) is 18.0 Å². The van der Waals surface area contributed by atoms with E-state index in [0.29, 0.717) is 31.6 Å². The molecule has 0 bridgehead atoms. The summed E-state index contributed by atoms with van der Waals surface area (Å²) in [6, 6.07) is 12.2. The predicted molar refractivity (Wildman–Crippen MR) is 130 cm³/mol. The highest BCUT2D eigenvalue weighted by molar-refractivity contribution is 5.93. The first kappa shape index (κ1) is 30.7. The zero-order valence-corrected chi connectivity index (χ0v) is 20.9. The molecule has 0 aliphatic carbocycles. The summed E-state index contributed by atoms with van der Waals surface area (Å²) in [7, 11) is 0. The van der Waals surface area contributed by atoms with Gasteiger partial charge < -0.3 is 20.6 Å². The van der Waals surface area contributed by atoms with Crippen molar-refractivity contribution in [3.05, 3.63) is 59.9 Å². The maximum Gasteiger partial charge on any atom is 0.490 e. The highest BCUT2D eigenvalue weighted by Crippen LogP contribution is 2.28. The average molecular weight is 544 g/mol. The monoisotopic (exact) mass is 543 g/mol. The Labute approximate surface area is 217 Å². The van der Waals surface area contributed by atoms with E-state index in [0.717, 1.165) is 11.1 Å². The van der Waals surface area contributed by atoms with E-state index in [1.165, 1.54) is 17.0 Å². The Kier molecular flexibility index (Phi) is 10.7. The Hall–Kier alpha value is -3.54. The molecular weight excluding hydrogens is 513 g/mol. The first-order valence-corrected chi connectivity index (χ1v) is 11.9. The van der Waals surface area contributed by atoms with Crippen LogP contribution in [0.1, 0.15) is 31.7 Å². The number of alkyl halides is 4. The molecule has 2 aromatic rings. The number of likely N-dealkylation sites (N-methyl/N-ethyl adjacent to an activating group) is 1. The summed E-state index contributed by atoms with van der Waals surface area (Å²) in [5.74, 6) is -4.57. The topological polar surface area (TPSA) is 104 Å². The number of carbonyl (C=O) groups excluding carboxylic acids is 2. The van der Waals surface area contributed by atoms with Crippen LogP contribution in [0.3, 0.4) is 0 Å². The Morgan fingerprint density at radius 1 is 1.03 bits per heavy atom. The number of likely N-dealkylation sites (tertiary alicyclic amines) is 1. The van der Waals surface area contributed by atoms with Crippen LogP contribution in [0.2, 0.25) is 0 Å². The van der Waals surface area contributed by atoms with Crippen LogP contribution in [0.25, 0.3) is 11.1 Å². The summed E-state index contributed by atoms with van der Waals surface area (Å²) in [4.78, 5) is 38.2. The molecule has 208 valence electrons. The maximum absolute atomic E-state index is 13.6. The summed E-state index contributed by atoms with van der Waals surface area (Å²) >= 11 is 0. The summed E-state index contributed by atoms with van der Waals surface area (Å²) in [5, 5.41) is 7.12. The van der Waals surface area contributed by atoms with Crippen LogP contribution in [0, 0.1) is 5.82 Å². The van der Waals surface area contributed by atoms with Crippen LogP contribution in [-0.2, 0) is 14.4 Å². The van der Waals surface area contributed by atoms with Crippen molar-refractivity contribution in [2.24, 2.45) is 5.73 Å². The minimum absolute atomic E-state index is 0.0161. The second-order valence-electron chi connectivity index (χ2n) is 8.62. The molecule has 0 spiro atoms. The molecule has 0 aromatic heterocycles. The fraction of sp³-hybridized carbons (Fsp3) is 0.423. The van der Waals surface area contributed by atoms with Gasteiger partial charge in [-0.15, -0.1) is 0 Å². The van der Waals surface area contributed by atoms with E-state index in [-0.39, 0.29) is 18.3 Å². The third-order valence-electron chi connectivity index (χ3n) is 6.12. The average Bonchev–Trinajstić information content (AvgIpc) is 3.31. The molecule has 2 amide bonds. The lowest BCUT2D eigenvalue weighted by molar-refractivity contribution is -0.192. The zero-order chi connectivity index (χ0) is 28.6. The molecular formula is C26H30F5N3O4. The second-order valence-corrected chi connectivity index (χ2v) is 8.62. The lowest BCUT2D eigenvalue weighted by Crippen LogP contribution is -2.51. The van der Waals surface area contributed by atoms with E-state index < -0.39 is 36.2 Å². The Morgan fingerprint density at radius 3 is 1.89 bits per heavy atom. The van der Waals surface area contributed by atoms with Crippen molar-refractivity contribution in [3.63, 3.8) is 0 Å². The van der Waals surface area contributed by atoms with Gasteiger partial charge >= 0.3 is 12.1 Å². The number of halogens is 5. The van der Waals surface area contributed by atoms with Crippen molar-refractivity contribution in [1.29, 1.82) is 0 Å². The summed E-state index contributed by atoms with van der Waals surface area (Å²) in [6.45, 7) is 5.06. The first-order chi connectivity index (χ1) is 17.8. The number of nitrogens with two attached hydrogens (primary N) is 1. The van der Waals surface area contributed by atoms with E-state index in [9.17, 15) is 31.5 Å². The van der Waals surface area contributed by atoms with Crippen LogP contribution in [-0.4, -0.2) is 77.3 Å². The molecule has 0 radical (unpaired) electrons. The molecule has 1 fully saturated rings. The number of carboxylic acid groups (broad SMARTS) is 1. The highest BCUT2D eigenvalue weighted by Gasteiger charge is 2.39. The molecule has 0 saturated carbocycles. The van der Waals surface area contributed by atoms with Gasteiger partial charge in [0.2, 0.25) is 11.8 Å². The van der Waals surface area contributed by atoms with Crippen LogP contribution in [0.4, 0.5) is 22.0 Å². The molecule has 0 unspecified atom stereocenters. The molecule has 7 nitrogen and oxygen atoms in total. The third-order valence-corrected chi connectivity index (χ3v) is 6.12. The smallest absolute Gasteiger partial charge is 0.475 e. The van der Waals surface area contributed by atoms with Gasteiger partial charge in [0.15, 0.2) is 0 Å². The van der Waals surface area contributed by atoms with E-state index in [1.54, 1.807) is 29.2 Å². The highest BCUT2D eigenvalue weighted by atomic mass is 19.4. The lowest BCUT2D eigenvalue weighted by atomic mass is 9.88. The van der Waals surface area contributed by atoms with E-state index in [4.69, 9.17) is 15.6 Å². The SMILES string of the molecule is CCN(CC)C(=O)[C@@H](c1ccc(-c2ccc(F)cc2)cc1)[C@H](N)C(=O)N1CC[C@H](F)C1.O=C(O)C(F)(F)F. The van der Waals surface area contributed by atoms with Gasteiger partial charge in [-0.3, -0.25) is 9.59 Å². The number of rotatable bonds is 7. The number of benzene rings is 2. The van der Waals surface area contributed by atoms with Crippen molar-refractivity contribution in [1.82, 2.24) is 9.80 Å². The Bertz CT molecular complexity index is 1090. The van der Waals surface area contributed by atoms with Gasteiger partial charge in [-0.1, -0.05) is 36.4 Å². The van der Waals surface area contributed by atoms with Gasteiger partial charge in [0.05, 0.1) is 12.5 Å². The van der Waals surface area contributed by atoms with Crippen molar-refractivity contribution >= 4 is 17.8 Å². The molecule has 1 saturated heterocycles. The number of aliphatic carboxylic acids is 1. The van der Waals surface area contributed by atoms with E-state index >= 15 is 0 Å². The number of nitrogens with zero attached hydrogens (tertiary/aromatic N) is 2. The summed E-state index contributed by atoms with van der Waals surface area (Å²) in [5.41, 5.74) is 8.65. The van der Waals surface area contributed by atoms with Crippen molar-refractivity contribution in [2.75, 3.05) is 26.2 Å². The summed E-state index contributed by atoms with van der Waals surface area (Å²) < 4.78 is 58.6. The molecule has 3 atom stereocenters. The number of hydrogen-bond donors (Lipinski definition) is 2.